The fourth-order valence-corrected chi connectivity index (χ4v) is 4.79. The first kappa shape index (κ1) is 22.0. The second-order valence-electron chi connectivity index (χ2n) is 7.46. The number of rotatable bonds is 4. The van der Waals surface area contributed by atoms with Crippen LogP contribution >= 0.6 is 0 Å². The molecule has 0 spiro atoms. The van der Waals surface area contributed by atoms with Gasteiger partial charge in [-0.2, -0.15) is 5.10 Å². The summed E-state index contributed by atoms with van der Waals surface area (Å²) in [5, 5.41) is 6.58. The first-order chi connectivity index (χ1) is 12.8. The topological polar surface area (TPSA) is 95.2 Å². The van der Waals surface area contributed by atoms with Crippen LogP contribution in [0.25, 0.3) is 4.72 Å². The Labute approximate surface area is 208 Å². The Morgan fingerprint density at radius 1 is 1.14 bits per heavy atom. The van der Waals surface area contributed by atoms with Crippen LogP contribution in [0.5, 0.6) is 0 Å². The largest absolute Gasteiger partial charge is 1.00 e. The molecule has 144 valence electrons. The Balaban J connectivity index is 0.00000225. The maximum atomic E-state index is 12.5. The van der Waals surface area contributed by atoms with Gasteiger partial charge in [0.05, 0.1) is 0 Å². The molecule has 0 fully saturated rings. The second-order valence-corrected chi connectivity index (χ2v) is 9.01. The number of benzene rings is 1. The molecule has 0 bridgehead atoms. The summed E-state index contributed by atoms with van der Waals surface area (Å²) < 4.78 is 29.8. The van der Waals surface area contributed by atoms with Crippen molar-refractivity contribution in [3.05, 3.63) is 45.3 Å². The van der Waals surface area contributed by atoms with E-state index in [1.165, 1.54) is 21.9 Å². The molecule has 7 nitrogen and oxygen atoms in total. The molecule has 0 radical (unpaired) electrons. The number of amides is 2. The fourth-order valence-electron chi connectivity index (χ4n) is 4.00. The van der Waals surface area contributed by atoms with E-state index in [1.54, 1.807) is 6.20 Å². The quantitative estimate of drug-likeness (QED) is 0.730. The SMILES string of the molecule is CC(C)n1ccc(S(=O)(=O)[N-]C(=O)Nc2c3c(cc4c2CCC4)CCC3)n1.[K+]. The molecule has 2 aliphatic carbocycles. The summed E-state index contributed by atoms with van der Waals surface area (Å²) >= 11 is 0. The molecule has 9 heteroatoms. The molecular weight excluding hydrogens is 403 g/mol. The number of nitrogens with zero attached hydrogens (tertiary/aromatic N) is 3. The normalized spacial score (nSPS) is 15.1. The summed E-state index contributed by atoms with van der Waals surface area (Å²) in [5.41, 5.74) is 5.60. The molecule has 0 aliphatic heterocycles. The first-order valence-electron chi connectivity index (χ1n) is 9.36. The molecule has 1 N–H and O–H groups in total. The molecule has 0 saturated heterocycles. The molecule has 28 heavy (non-hydrogen) atoms. The van der Waals surface area contributed by atoms with Gasteiger partial charge in [-0.15, -0.1) is 0 Å². The van der Waals surface area contributed by atoms with Crippen LogP contribution in [0.2, 0.25) is 0 Å². The van der Waals surface area contributed by atoms with Crippen LogP contribution in [0, 0.1) is 0 Å². The van der Waals surface area contributed by atoms with E-state index in [-0.39, 0.29) is 62.5 Å². The number of hydrogen-bond donors (Lipinski definition) is 1. The number of urea groups is 1. The van der Waals surface area contributed by atoms with E-state index in [0.717, 1.165) is 55.3 Å². The molecule has 0 saturated carbocycles. The maximum absolute atomic E-state index is 12.5. The Morgan fingerprint density at radius 3 is 2.29 bits per heavy atom. The molecule has 0 unspecified atom stereocenters. The van der Waals surface area contributed by atoms with E-state index < -0.39 is 16.1 Å². The number of anilines is 1. The number of aryl methyl sites for hydroxylation is 2. The second kappa shape index (κ2) is 8.57. The molecular formula is C19H23KN4O3S. The minimum absolute atomic E-state index is 0. The van der Waals surface area contributed by atoms with Gasteiger partial charge in [0.1, 0.15) is 0 Å². The zero-order chi connectivity index (χ0) is 19.2. The van der Waals surface area contributed by atoms with Crippen molar-refractivity contribution in [1.29, 1.82) is 0 Å². The number of nitrogens with one attached hydrogen (secondary N) is 1. The Kier molecular flexibility index (Phi) is 6.73. The van der Waals surface area contributed by atoms with Crippen molar-refractivity contribution in [2.75, 3.05) is 5.32 Å². The third-order valence-corrected chi connectivity index (χ3v) is 6.44. The number of aromatic nitrogens is 2. The molecule has 1 aromatic carbocycles. The fraction of sp³-hybridized carbons (Fsp3) is 0.474. The van der Waals surface area contributed by atoms with Crippen LogP contribution in [0.4, 0.5) is 10.5 Å². The summed E-state index contributed by atoms with van der Waals surface area (Å²) in [6.45, 7) is 3.79. The predicted octanol–water partition coefficient (Wildman–Crippen LogP) is 0.740. The Hall–Kier alpha value is -0.714. The van der Waals surface area contributed by atoms with Crippen LogP contribution in [-0.4, -0.2) is 24.2 Å². The van der Waals surface area contributed by atoms with E-state index in [9.17, 15) is 13.2 Å². The van der Waals surface area contributed by atoms with E-state index in [1.807, 2.05) is 13.8 Å². The zero-order valence-corrected chi connectivity index (χ0v) is 20.5. The van der Waals surface area contributed by atoms with Crippen LogP contribution in [0.1, 0.15) is 55.0 Å². The Bertz CT molecular complexity index is 982. The molecule has 0 atom stereocenters. The number of fused-ring (bicyclic) bond motifs is 2. The number of carbonyl (C=O) groups excluding carboxylic acids is 1. The van der Waals surface area contributed by atoms with Gasteiger partial charge in [-0.1, -0.05) is 6.07 Å². The van der Waals surface area contributed by atoms with Crippen LogP contribution in [0.3, 0.4) is 0 Å². The van der Waals surface area contributed by atoms with Gasteiger partial charge in [0, 0.05) is 12.2 Å². The summed E-state index contributed by atoms with van der Waals surface area (Å²) in [4.78, 5) is 12.5. The molecule has 2 amide bonds. The van der Waals surface area contributed by atoms with Gasteiger partial charge in [-0.05, 0) is 86.4 Å². The van der Waals surface area contributed by atoms with Crippen LogP contribution in [0.15, 0.2) is 23.4 Å². The summed E-state index contributed by atoms with van der Waals surface area (Å²) in [6.07, 6.45) is 7.52. The van der Waals surface area contributed by atoms with Crippen molar-refractivity contribution in [1.82, 2.24) is 9.78 Å². The monoisotopic (exact) mass is 426 g/mol. The average Bonchev–Trinajstić information content (AvgIpc) is 3.34. The summed E-state index contributed by atoms with van der Waals surface area (Å²) in [6, 6.07) is 2.79. The zero-order valence-electron chi connectivity index (χ0n) is 16.5. The van der Waals surface area contributed by atoms with Gasteiger partial charge in [0.25, 0.3) is 0 Å². The van der Waals surface area contributed by atoms with Gasteiger partial charge in [0.15, 0.2) is 11.1 Å². The summed E-state index contributed by atoms with van der Waals surface area (Å²) in [5.74, 6) is 0. The van der Waals surface area contributed by atoms with E-state index in [2.05, 4.69) is 21.2 Å². The third-order valence-electron chi connectivity index (χ3n) is 5.29. The van der Waals surface area contributed by atoms with Gasteiger partial charge >= 0.3 is 51.4 Å². The van der Waals surface area contributed by atoms with Crippen molar-refractivity contribution >= 4 is 21.7 Å². The van der Waals surface area contributed by atoms with E-state index in [4.69, 9.17) is 0 Å². The molecule has 1 heterocycles. The maximum Gasteiger partial charge on any atom is 1.00 e. The minimum Gasteiger partial charge on any atom is -0.423 e. The first-order valence-corrected chi connectivity index (χ1v) is 10.8. The van der Waals surface area contributed by atoms with Crippen LogP contribution in [-0.2, 0) is 35.7 Å². The number of hydrogen-bond acceptors (Lipinski definition) is 4. The van der Waals surface area contributed by atoms with Gasteiger partial charge in [-0.3, -0.25) is 9.48 Å². The van der Waals surface area contributed by atoms with E-state index in [0.29, 0.717) is 0 Å². The van der Waals surface area contributed by atoms with Crippen molar-refractivity contribution in [2.45, 2.75) is 63.4 Å². The molecule has 4 rings (SSSR count). The molecule has 1 aromatic heterocycles. The third kappa shape index (κ3) is 4.24. The summed E-state index contributed by atoms with van der Waals surface area (Å²) in [7, 11) is -4.14. The van der Waals surface area contributed by atoms with Crippen molar-refractivity contribution < 1.29 is 64.6 Å². The van der Waals surface area contributed by atoms with Gasteiger partial charge in [0.2, 0.25) is 10.0 Å². The Morgan fingerprint density at radius 2 is 1.75 bits per heavy atom. The number of carbonyl (C=O) groups is 1. The molecule has 2 aliphatic rings. The molecule has 2 aromatic rings. The number of sulfonamides is 1. The van der Waals surface area contributed by atoms with Crippen LogP contribution < -0.4 is 56.7 Å². The van der Waals surface area contributed by atoms with Crippen molar-refractivity contribution in [3.8, 4) is 0 Å². The van der Waals surface area contributed by atoms with Crippen molar-refractivity contribution in [2.24, 2.45) is 0 Å². The standard InChI is InChI=1S/C19H24N4O3S.K/c1-12(2)23-10-9-17(21-23)27(25,26)22-19(24)20-18-15-7-3-5-13(15)11-14-6-4-8-16(14)18;/h9-12H,3-8H2,1-2H3,(H2,20,22,24);/q;+1/p-1. The minimum atomic E-state index is -4.14. The predicted molar refractivity (Wildman–Crippen MR) is 103 cm³/mol. The smallest absolute Gasteiger partial charge is 0.423 e. The van der Waals surface area contributed by atoms with Gasteiger partial charge < -0.3 is 10.0 Å². The van der Waals surface area contributed by atoms with E-state index >= 15 is 0 Å². The van der Waals surface area contributed by atoms with Gasteiger partial charge in [-0.25, -0.2) is 8.42 Å². The average molecular weight is 427 g/mol. The van der Waals surface area contributed by atoms with Crippen molar-refractivity contribution in [3.63, 3.8) is 0 Å².